The van der Waals surface area contributed by atoms with Gasteiger partial charge in [-0.1, -0.05) is 88.0 Å². The van der Waals surface area contributed by atoms with Crippen LogP contribution >= 0.6 is 63.7 Å². The minimum Gasteiger partial charge on any atom is -0.466 e. The SMILES string of the molecule is Brc1ccc(Br)cc1.CCOC(C)=O.O.OC(c1ccc(Br)cc1)c1ccc(Br)cc1. The van der Waals surface area contributed by atoms with Crippen LogP contribution in [0.5, 0.6) is 0 Å². The maximum Gasteiger partial charge on any atom is 0.302 e. The van der Waals surface area contributed by atoms with Crippen LogP contribution in [-0.2, 0) is 9.53 Å². The number of aliphatic hydroxyl groups is 1. The molecule has 3 rings (SSSR count). The maximum atomic E-state index is 10.1. The number of carbonyl (C=O) groups is 1. The minimum atomic E-state index is -0.568. The fourth-order valence-electron chi connectivity index (χ4n) is 2.12. The lowest BCUT2D eigenvalue weighted by Gasteiger charge is -2.11. The van der Waals surface area contributed by atoms with Gasteiger partial charge >= 0.3 is 5.97 Å². The monoisotopic (exact) mass is 680 g/mol. The summed E-state index contributed by atoms with van der Waals surface area (Å²) >= 11 is 13.4. The molecular formula is C23H24Br4O4. The van der Waals surface area contributed by atoms with Gasteiger partial charge in [0.25, 0.3) is 0 Å². The minimum absolute atomic E-state index is 0. The van der Waals surface area contributed by atoms with Gasteiger partial charge in [-0.05, 0) is 66.6 Å². The molecule has 0 aliphatic rings. The average Bonchev–Trinajstić information content (AvgIpc) is 2.72. The molecule has 0 heterocycles. The molecule has 0 aliphatic heterocycles. The maximum absolute atomic E-state index is 10.1. The molecule has 0 fully saturated rings. The van der Waals surface area contributed by atoms with Gasteiger partial charge in [0.2, 0.25) is 0 Å². The molecule has 0 saturated heterocycles. The van der Waals surface area contributed by atoms with Crippen LogP contribution in [0.25, 0.3) is 0 Å². The van der Waals surface area contributed by atoms with Gasteiger partial charge < -0.3 is 15.3 Å². The molecule has 31 heavy (non-hydrogen) atoms. The third-order valence-electron chi connectivity index (χ3n) is 3.52. The number of rotatable bonds is 3. The molecule has 3 aromatic carbocycles. The Kier molecular flexibility index (Phi) is 16.0. The molecule has 3 N–H and O–H groups in total. The Balaban J connectivity index is 0.000000504. The van der Waals surface area contributed by atoms with Crippen LogP contribution in [0.3, 0.4) is 0 Å². The standard InChI is InChI=1S/C13H10Br2O.C6H4Br2.C4H8O2.H2O/c14-11-5-1-9(2-6-11)13(16)10-3-7-12(15)8-4-10;7-5-1-2-6(8)4-3-5;1-3-6-4(2)5;/h1-8,13,16H;1-4H;3H2,1-2H3;1H2. The Morgan fingerprint density at radius 1 is 0.742 bits per heavy atom. The average molecular weight is 684 g/mol. The number of carbonyl (C=O) groups excluding carboxylic acids is 1. The van der Waals surface area contributed by atoms with E-state index in [2.05, 4.69) is 68.5 Å². The van der Waals surface area contributed by atoms with Gasteiger partial charge in [-0.25, -0.2) is 0 Å². The zero-order valence-electron chi connectivity index (χ0n) is 17.0. The number of benzene rings is 3. The largest absolute Gasteiger partial charge is 0.466 e. The molecule has 3 aromatic rings. The van der Waals surface area contributed by atoms with Gasteiger partial charge in [-0.2, -0.15) is 0 Å². The van der Waals surface area contributed by atoms with Crippen molar-refractivity contribution in [1.29, 1.82) is 0 Å². The van der Waals surface area contributed by atoms with E-state index in [0.717, 1.165) is 29.0 Å². The fourth-order valence-corrected chi connectivity index (χ4v) is 3.17. The lowest BCUT2D eigenvalue weighted by molar-refractivity contribution is -0.140. The summed E-state index contributed by atoms with van der Waals surface area (Å²) < 4.78 is 8.65. The Labute approximate surface area is 216 Å². The van der Waals surface area contributed by atoms with Crippen LogP contribution in [-0.4, -0.2) is 23.2 Å². The van der Waals surface area contributed by atoms with Crippen molar-refractivity contribution in [3.05, 3.63) is 102 Å². The normalized spacial score (nSPS) is 9.42. The van der Waals surface area contributed by atoms with Gasteiger partial charge in [0, 0.05) is 24.8 Å². The molecule has 8 heteroatoms. The first-order valence-corrected chi connectivity index (χ1v) is 12.1. The van der Waals surface area contributed by atoms with Crippen molar-refractivity contribution in [3.63, 3.8) is 0 Å². The molecule has 0 aromatic heterocycles. The number of hydrogen-bond donors (Lipinski definition) is 1. The van der Waals surface area contributed by atoms with Crippen LogP contribution in [0, 0.1) is 0 Å². The highest BCUT2D eigenvalue weighted by atomic mass is 79.9. The van der Waals surface area contributed by atoms with E-state index >= 15 is 0 Å². The second kappa shape index (κ2) is 16.6. The molecule has 0 saturated carbocycles. The highest BCUT2D eigenvalue weighted by Crippen LogP contribution is 2.24. The van der Waals surface area contributed by atoms with E-state index in [4.69, 9.17) is 0 Å². The Morgan fingerprint density at radius 3 is 1.19 bits per heavy atom. The van der Waals surface area contributed by atoms with Crippen molar-refractivity contribution in [2.75, 3.05) is 6.61 Å². The molecule has 0 radical (unpaired) electrons. The number of halogens is 4. The molecule has 4 nitrogen and oxygen atoms in total. The van der Waals surface area contributed by atoms with Gasteiger partial charge in [-0.3, -0.25) is 4.79 Å². The van der Waals surface area contributed by atoms with Crippen LogP contribution in [0.15, 0.2) is 90.7 Å². The number of hydrogen-bond acceptors (Lipinski definition) is 3. The molecule has 0 aliphatic carbocycles. The van der Waals surface area contributed by atoms with Crippen molar-refractivity contribution in [2.24, 2.45) is 0 Å². The Bertz CT molecular complexity index is 816. The van der Waals surface area contributed by atoms with E-state index in [1.807, 2.05) is 72.8 Å². The predicted molar refractivity (Wildman–Crippen MR) is 140 cm³/mol. The third-order valence-corrected chi connectivity index (χ3v) is 5.64. The summed E-state index contributed by atoms with van der Waals surface area (Å²) in [7, 11) is 0. The smallest absolute Gasteiger partial charge is 0.302 e. The van der Waals surface area contributed by atoms with Gasteiger partial charge in [-0.15, -0.1) is 0 Å². The highest BCUT2D eigenvalue weighted by Gasteiger charge is 2.09. The summed E-state index contributed by atoms with van der Waals surface area (Å²) in [4.78, 5) is 9.82. The number of aliphatic hydroxyl groups excluding tert-OH is 1. The first-order valence-electron chi connectivity index (χ1n) is 8.96. The van der Waals surface area contributed by atoms with E-state index < -0.39 is 6.10 Å². The van der Waals surface area contributed by atoms with E-state index in [1.165, 1.54) is 6.92 Å². The van der Waals surface area contributed by atoms with Gasteiger partial charge in [0.1, 0.15) is 6.10 Å². The molecule has 0 amide bonds. The summed E-state index contributed by atoms with van der Waals surface area (Å²) in [6, 6.07) is 23.3. The number of ether oxygens (including phenoxy) is 1. The Morgan fingerprint density at radius 2 is 1.00 bits per heavy atom. The zero-order valence-corrected chi connectivity index (χ0v) is 23.3. The topological polar surface area (TPSA) is 78.0 Å². The van der Waals surface area contributed by atoms with Crippen molar-refractivity contribution in [1.82, 2.24) is 0 Å². The van der Waals surface area contributed by atoms with Crippen LogP contribution in [0.4, 0.5) is 0 Å². The van der Waals surface area contributed by atoms with E-state index in [-0.39, 0.29) is 11.4 Å². The van der Waals surface area contributed by atoms with Crippen molar-refractivity contribution in [3.8, 4) is 0 Å². The van der Waals surface area contributed by atoms with Crippen molar-refractivity contribution >= 4 is 69.7 Å². The van der Waals surface area contributed by atoms with Crippen LogP contribution < -0.4 is 0 Å². The lowest BCUT2D eigenvalue weighted by atomic mass is 10.0. The Hall–Kier alpha value is -1.03. The van der Waals surface area contributed by atoms with E-state index in [9.17, 15) is 9.90 Å². The van der Waals surface area contributed by atoms with E-state index in [1.54, 1.807) is 6.92 Å². The van der Waals surface area contributed by atoms with E-state index in [0.29, 0.717) is 6.61 Å². The molecular weight excluding hydrogens is 660 g/mol. The summed E-state index contributed by atoms with van der Waals surface area (Å²) in [6.07, 6.45) is -0.568. The van der Waals surface area contributed by atoms with Crippen LogP contribution in [0.1, 0.15) is 31.1 Å². The third kappa shape index (κ3) is 13.2. The van der Waals surface area contributed by atoms with Crippen LogP contribution in [0.2, 0.25) is 0 Å². The van der Waals surface area contributed by atoms with Crippen molar-refractivity contribution in [2.45, 2.75) is 20.0 Å². The van der Waals surface area contributed by atoms with Gasteiger partial charge in [0.05, 0.1) is 6.61 Å². The zero-order chi connectivity index (χ0) is 22.5. The molecule has 168 valence electrons. The molecule has 0 bridgehead atoms. The highest BCUT2D eigenvalue weighted by molar-refractivity contribution is 9.11. The second-order valence-corrected chi connectivity index (χ2v) is 9.53. The summed E-state index contributed by atoms with van der Waals surface area (Å²) in [5, 5.41) is 10.1. The first kappa shape index (κ1) is 30.0. The second-order valence-electron chi connectivity index (χ2n) is 5.87. The van der Waals surface area contributed by atoms with Gasteiger partial charge in [0.15, 0.2) is 0 Å². The van der Waals surface area contributed by atoms with Crippen molar-refractivity contribution < 1.29 is 20.1 Å². The quantitative estimate of drug-likeness (QED) is 0.296. The summed E-state index contributed by atoms with van der Waals surface area (Å²) in [5.74, 6) is -0.211. The predicted octanol–water partition coefficient (Wildman–Crippen LogP) is 7.25. The molecule has 0 spiro atoms. The summed E-state index contributed by atoms with van der Waals surface area (Å²) in [6.45, 7) is 3.65. The number of esters is 1. The molecule has 0 atom stereocenters. The fraction of sp³-hybridized carbons (Fsp3) is 0.174. The molecule has 0 unspecified atom stereocenters. The lowest BCUT2D eigenvalue weighted by Crippen LogP contribution is -1.98. The summed E-state index contributed by atoms with van der Waals surface area (Å²) in [5.41, 5.74) is 1.79. The first-order chi connectivity index (χ1) is 14.2.